The van der Waals surface area contributed by atoms with E-state index in [4.69, 9.17) is 0 Å². The Morgan fingerprint density at radius 3 is 2.47 bits per heavy atom. The van der Waals surface area contributed by atoms with E-state index in [-0.39, 0.29) is 5.03 Å². The average Bonchev–Trinajstić information content (AvgIpc) is 2.15. The summed E-state index contributed by atoms with van der Waals surface area (Å²) < 4.78 is 23.7. The zero-order valence-electron chi connectivity index (χ0n) is 10.3. The van der Waals surface area contributed by atoms with E-state index >= 15 is 0 Å². The zero-order valence-corrected chi connectivity index (χ0v) is 11.2. The van der Waals surface area contributed by atoms with Crippen LogP contribution < -0.4 is 0 Å². The van der Waals surface area contributed by atoms with Gasteiger partial charge in [-0.25, -0.2) is 18.1 Å². The average molecular weight is 256 g/mol. The Morgan fingerprint density at radius 2 is 2.00 bits per heavy atom. The van der Waals surface area contributed by atoms with E-state index in [1.807, 2.05) is 0 Å². The van der Waals surface area contributed by atoms with E-state index in [2.05, 4.69) is 4.98 Å². The highest BCUT2D eigenvalue weighted by Crippen LogP contribution is 2.12. The van der Waals surface area contributed by atoms with Crippen molar-refractivity contribution in [3.8, 4) is 0 Å². The Morgan fingerprint density at radius 1 is 1.41 bits per heavy atom. The summed E-state index contributed by atoms with van der Waals surface area (Å²) in [5, 5.41) is 11.7. The topological polar surface area (TPSA) is 73.1 Å². The van der Waals surface area contributed by atoms with Crippen LogP contribution in [0.1, 0.15) is 26.3 Å². The molecule has 0 aliphatic heterocycles. The van der Waals surface area contributed by atoms with Gasteiger partial charge in [0, 0.05) is 33.2 Å². The molecule has 0 fully saturated rings. The Kier molecular flexibility index (Phi) is 3.56. The minimum Gasteiger partial charge on any atom is -0.623 e. The molecule has 6 heteroatoms. The van der Waals surface area contributed by atoms with Gasteiger partial charge in [-0.1, -0.05) is 0 Å². The van der Waals surface area contributed by atoms with Crippen molar-refractivity contribution in [1.82, 2.24) is 4.98 Å². The minimum atomic E-state index is -3.43. The molecule has 0 aliphatic rings. The smallest absolute Gasteiger partial charge is 0.193 e. The molecule has 0 radical (unpaired) electrons. The monoisotopic (exact) mass is 256 g/mol. The van der Waals surface area contributed by atoms with Crippen LogP contribution in [0.3, 0.4) is 0 Å². The first-order valence-corrected chi connectivity index (χ1v) is 6.98. The summed E-state index contributed by atoms with van der Waals surface area (Å²) in [6.07, 6.45) is 3.71. The second-order valence-corrected chi connectivity index (χ2v) is 6.73. The van der Waals surface area contributed by atoms with Gasteiger partial charge >= 0.3 is 0 Å². The van der Waals surface area contributed by atoms with E-state index in [9.17, 15) is 13.6 Å². The molecule has 0 unspecified atom stereocenters. The number of rotatable bonds is 2. The Hall–Kier alpha value is -1.43. The third kappa shape index (κ3) is 3.52. The molecule has 5 nitrogen and oxygen atoms in total. The molecule has 1 aromatic rings. The van der Waals surface area contributed by atoms with Crippen LogP contribution in [0.25, 0.3) is 0 Å². The van der Waals surface area contributed by atoms with E-state index in [1.54, 1.807) is 32.9 Å². The van der Waals surface area contributed by atoms with Gasteiger partial charge in [0.1, 0.15) is 0 Å². The van der Waals surface area contributed by atoms with Crippen LogP contribution in [0, 0.1) is 5.21 Å². The first-order valence-electron chi connectivity index (χ1n) is 5.09. The molecule has 17 heavy (non-hydrogen) atoms. The molecule has 0 N–H and O–H groups in total. The minimum absolute atomic E-state index is 0.0786. The fourth-order valence-electron chi connectivity index (χ4n) is 1.13. The number of hydroxylamine groups is 1. The maximum absolute atomic E-state index is 11.8. The van der Waals surface area contributed by atoms with Gasteiger partial charge in [0.25, 0.3) is 0 Å². The van der Waals surface area contributed by atoms with Crippen LogP contribution in [0.5, 0.6) is 0 Å². The van der Waals surface area contributed by atoms with Crippen LogP contribution in [0.2, 0.25) is 0 Å². The molecule has 0 atom stereocenters. The quantitative estimate of drug-likeness (QED) is 0.345. The number of hydrogen-bond acceptors (Lipinski definition) is 4. The highest BCUT2D eigenvalue weighted by molar-refractivity contribution is 7.90. The molecule has 94 valence electrons. The molecule has 1 aromatic heterocycles. The number of aromatic nitrogens is 1. The summed E-state index contributed by atoms with van der Waals surface area (Å²) in [6, 6.07) is 3.15. The van der Waals surface area contributed by atoms with Gasteiger partial charge in [0.2, 0.25) is 0 Å². The number of pyridine rings is 1. The van der Waals surface area contributed by atoms with E-state index in [0.29, 0.717) is 5.56 Å². The van der Waals surface area contributed by atoms with E-state index in [1.165, 1.54) is 12.4 Å². The molecule has 0 aliphatic carbocycles. The summed E-state index contributed by atoms with van der Waals surface area (Å²) in [4.78, 5) is 3.80. The molecular weight excluding hydrogens is 240 g/mol. The van der Waals surface area contributed by atoms with Crippen LogP contribution in [0.4, 0.5) is 0 Å². The summed E-state index contributed by atoms with van der Waals surface area (Å²) in [6.45, 7) is 5.23. The molecular formula is C11H16N2O3S. The van der Waals surface area contributed by atoms with Gasteiger partial charge in [0.05, 0.1) is 5.56 Å². The summed E-state index contributed by atoms with van der Waals surface area (Å²) >= 11 is 0. The van der Waals surface area contributed by atoms with Crippen molar-refractivity contribution >= 4 is 16.1 Å². The van der Waals surface area contributed by atoms with Gasteiger partial charge in [-0.15, -0.1) is 0 Å². The first-order chi connectivity index (χ1) is 7.62. The second-order valence-electron chi connectivity index (χ2n) is 4.80. The molecule has 0 spiro atoms. The van der Waals surface area contributed by atoms with Gasteiger partial charge in [-0.05, 0) is 12.1 Å². The summed E-state index contributed by atoms with van der Waals surface area (Å²) in [5.41, 5.74) is -0.315. The fraction of sp³-hybridized carbons (Fsp3) is 0.455. The van der Waals surface area contributed by atoms with Gasteiger partial charge in [-0.2, -0.15) is 0 Å². The molecule has 0 saturated carbocycles. The van der Waals surface area contributed by atoms with Crippen LogP contribution >= 0.6 is 0 Å². The maximum Gasteiger partial charge on any atom is 0.193 e. The third-order valence-corrected chi connectivity index (χ3v) is 3.11. The van der Waals surface area contributed by atoms with Crippen molar-refractivity contribution in [1.29, 1.82) is 0 Å². The Balaban J connectivity index is 3.35. The Labute approximate surface area is 101 Å². The Bertz CT molecular complexity index is 542. The lowest BCUT2D eigenvalue weighted by Gasteiger charge is -2.18. The number of hydrogen-bond donors (Lipinski definition) is 0. The highest BCUT2D eigenvalue weighted by Gasteiger charge is 2.21. The normalized spacial score (nSPS) is 13.8. The van der Waals surface area contributed by atoms with Crippen molar-refractivity contribution in [3.05, 3.63) is 29.1 Å². The maximum atomic E-state index is 11.8. The van der Waals surface area contributed by atoms with Gasteiger partial charge < -0.3 is 5.21 Å². The SMILES string of the molecule is CC(C)(C)/[N+]([O-])=C/c1cccnc1S(C)(=O)=O. The predicted molar refractivity (Wildman–Crippen MR) is 65.9 cm³/mol. The van der Waals surface area contributed by atoms with Crippen molar-refractivity contribution in [2.24, 2.45) is 0 Å². The zero-order chi connectivity index (χ0) is 13.3. The predicted octanol–water partition coefficient (Wildman–Crippen LogP) is 1.21. The van der Waals surface area contributed by atoms with Crippen molar-refractivity contribution in [3.63, 3.8) is 0 Å². The lowest BCUT2D eigenvalue weighted by molar-refractivity contribution is -0.530. The van der Waals surface area contributed by atoms with Crippen LogP contribution in [-0.4, -0.2) is 36.1 Å². The van der Waals surface area contributed by atoms with E-state index < -0.39 is 15.4 Å². The standard InChI is InChI=1S/C11H16N2O3S/c1-11(2,3)13(14)8-9-6-5-7-12-10(9)17(4,15)16/h5-8H,1-4H3/b13-8-. The summed E-state index contributed by atoms with van der Waals surface area (Å²) in [7, 11) is -3.43. The van der Waals surface area contributed by atoms with Gasteiger partial charge in [-0.3, -0.25) is 0 Å². The van der Waals surface area contributed by atoms with Gasteiger partial charge in [0.15, 0.2) is 26.6 Å². The summed E-state index contributed by atoms with van der Waals surface area (Å²) in [5.74, 6) is 0. The molecule has 0 bridgehead atoms. The van der Waals surface area contributed by atoms with Crippen LogP contribution in [0.15, 0.2) is 23.4 Å². The van der Waals surface area contributed by atoms with Crippen molar-refractivity contribution in [2.75, 3.05) is 6.26 Å². The molecule has 0 saturated heterocycles. The number of nitrogens with zero attached hydrogens (tertiary/aromatic N) is 2. The molecule has 0 aromatic carbocycles. The van der Waals surface area contributed by atoms with Crippen molar-refractivity contribution in [2.45, 2.75) is 31.3 Å². The lowest BCUT2D eigenvalue weighted by Crippen LogP contribution is -2.29. The van der Waals surface area contributed by atoms with Crippen molar-refractivity contribution < 1.29 is 13.2 Å². The molecule has 0 amide bonds. The first kappa shape index (κ1) is 13.6. The fourth-order valence-corrected chi connectivity index (χ4v) is 1.93. The molecule has 1 rings (SSSR count). The van der Waals surface area contributed by atoms with E-state index in [0.717, 1.165) is 11.0 Å². The number of sulfone groups is 1. The third-order valence-electron chi connectivity index (χ3n) is 2.07. The molecule has 1 heterocycles. The van der Waals surface area contributed by atoms with Crippen LogP contribution in [-0.2, 0) is 9.84 Å². The second kappa shape index (κ2) is 4.44. The highest BCUT2D eigenvalue weighted by atomic mass is 32.2. The lowest BCUT2D eigenvalue weighted by atomic mass is 10.1. The largest absolute Gasteiger partial charge is 0.623 e.